The van der Waals surface area contributed by atoms with Crippen molar-refractivity contribution in [2.45, 2.75) is 150 Å². The Labute approximate surface area is 171 Å². The number of hydrogen-bond donors (Lipinski definition) is 0. The molecule has 0 heterocycles. The summed E-state index contributed by atoms with van der Waals surface area (Å²) < 4.78 is 0. The molecule has 0 saturated carbocycles. The van der Waals surface area contributed by atoms with E-state index in [0.717, 1.165) is 5.54 Å². The predicted molar refractivity (Wildman–Crippen MR) is 126 cm³/mol. The Hall–Kier alpha value is 0.217. The standard InChI is InChI=1S/C25H54Si/c1-7-13-19-24(17-11-5,20-14-8-2)23(26)25(18-12-6,21-15-9-3)22-16-10-4/h23H,7-22H2,1-6,26H3. The van der Waals surface area contributed by atoms with Crippen LogP contribution >= 0.6 is 0 Å². The Morgan fingerprint density at radius 2 is 0.731 bits per heavy atom. The van der Waals surface area contributed by atoms with Crippen LogP contribution in [0.2, 0.25) is 5.54 Å². The fraction of sp³-hybridized carbons (Fsp3) is 1.00. The number of unbranched alkanes of at least 4 members (excludes halogenated alkanes) is 4. The van der Waals surface area contributed by atoms with Crippen LogP contribution in [0.25, 0.3) is 0 Å². The van der Waals surface area contributed by atoms with Crippen LogP contribution in [0.3, 0.4) is 0 Å². The van der Waals surface area contributed by atoms with Crippen molar-refractivity contribution in [1.82, 2.24) is 0 Å². The van der Waals surface area contributed by atoms with Gasteiger partial charge in [0.05, 0.1) is 0 Å². The molecule has 0 spiro atoms. The van der Waals surface area contributed by atoms with Gasteiger partial charge >= 0.3 is 0 Å². The zero-order valence-corrected chi connectivity index (χ0v) is 21.9. The molecule has 0 saturated heterocycles. The van der Waals surface area contributed by atoms with Crippen molar-refractivity contribution in [3.8, 4) is 0 Å². The van der Waals surface area contributed by atoms with Gasteiger partial charge in [0.25, 0.3) is 0 Å². The Morgan fingerprint density at radius 1 is 0.462 bits per heavy atom. The summed E-state index contributed by atoms with van der Waals surface area (Å²) in [5, 5.41) is 0. The summed E-state index contributed by atoms with van der Waals surface area (Å²) in [6, 6.07) is 0. The summed E-state index contributed by atoms with van der Waals surface area (Å²) in [6.45, 7) is 14.5. The summed E-state index contributed by atoms with van der Waals surface area (Å²) in [7, 11) is 1.40. The van der Waals surface area contributed by atoms with Crippen LogP contribution in [0.15, 0.2) is 0 Å². The van der Waals surface area contributed by atoms with Gasteiger partial charge in [-0.2, -0.15) is 0 Å². The van der Waals surface area contributed by atoms with Crippen molar-refractivity contribution in [3.63, 3.8) is 0 Å². The highest BCUT2D eigenvalue weighted by atomic mass is 28.1. The van der Waals surface area contributed by atoms with E-state index in [2.05, 4.69) is 41.5 Å². The molecule has 0 radical (unpaired) electrons. The molecule has 26 heavy (non-hydrogen) atoms. The van der Waals surface area contributed by atoms with Crippen LogP contribution in [-0.2, 0) is 0 Å². The molecule has 0 aliphatic carbocycles. The molecule has 0 nitrogen and oxygen atoms in total. The minimum Gasteiger partial charge on any atom is -0.0654 e. The topological polar surface area (TPSA) is 0 Å². The molecule has 0 aromatic rings. The van der Waals surface area contributed by atoms with Gasteiger partial charge in [0.1, 0.15) is 0 Å². The van der Waals surface area contributed by atoms with E-state index in [-0.39, 0.29) is 0 Å². The van der Waals surface area contributed by atoms with Crippen LogP contribution in [0.1, 0.15) is 144 Å². The van der Waals surface area contributed by atoms with Crippen molar-refractivity contribution in [3.05, 3.63) is 0 Å². The van der Waals surface area contributed by atoms with E-state index in [9.17, 15) is 0 Å². The van der Waals surface area contributed by atoms with Crippen molar-refractivity contribution >= 4 is 10.2 Å². The zero-order valence-electron chi connectivity index (χ0n) is 19.9. The third kappa shape index (κ3) is 8.07. The second-order valence-corrected chi connectivity index (χ2v) is 10.5. The van der Waals surface area contributed by atoms with Crippen molar-refractivity contribution < 1.29 is 0 Å². The highest BCUT2D eigenvalue weighted by Gasteiger charge is 2.45. The van der Waals surface area contributed by atoms with Gasteiger partial charge in [0.2, 0.25) is 0 Å². The lowest BCUT2D eigenvalue weighted by atomic mass is 9.59. The van der Waals surface area contributed by atoms with E-state index in [4.69, 9.17) is 0 Å². The SMILES string of the molecule is CCCCC(CCC)(CCCC)C([SiH3])C(CCC)(CCCC)CCCC. The Morgan fingerprint density at radius 3 is 0.923 bits per heavy atom. The molecular formula is C25H54Si. The number of rotatable bonds is 18. The smallest absolute Gasteiger partial charge is 0.00814 e. The molecule has 0 N–H and O–H groups in total. The fourth-order valence-corrected chi connectivity index (χ4v) is 7.54. The second-order valence-electron chi connectivity index (χ2n) is 9.36. The molecule has 0 bridgehead atoms. The normalized spacial score (nSPS) is 13.0. The number of hydrogen-bond acceptors (Lipinski definition) is 0. The largest absolute Gasteiger partial charge is 0.0654 e. The third-order valence-electron chi connectivity index (χ3n) is 7.45. The van der Waals surface area contributed by atoms with Gasteiger partial charge in [0.15, 0.2) is 0 Å². The molecule has 0 fully saturated rings. The Balaban J connectivity index is 5.85. The maximum absolute atomic E-state index is 2.44. The summed E-state index contributed by atoms with van der Waals surface area (Å²) in [4.78, 5) is 0. The first kappa shape index (κ1) is 26.2. The quantitative estimate of drug-likeness (QED) is 0.208. The lowest BCUT2D eigenvalue weighted by molar-refractivity contribution is 0.0660. The summed E-state index contributed by atoms with van der Waals surface area (Å²) in [6.07, 6.45) is 23.1. The van der Waals surface area contributed by atoms with E-state index in [0.29, 0.717) is 10.8 Å². The van der Waals surface area contributed by atoms with Crippen LogP contribution in [0.5, 0.6) is 0 Å². The molecule has 0 aromatic carbocycles. The average Bonchev–Trinajstić information content (AvgIpc) is 2.66. The Kier molecular flexibility index (Phi) is 15.3. The predicted octanol–water partition coefficient (Wildman–Crippen LogP) is 8.47. The summed E-state index contributed by atoms with van der Waals surface area (Å²) >= 11 is 0. The van der Waals surface area contributed by atoms with E-state index in [1.807, 2.05) is 0 Å². The van der Waals surface area contributed by atoms with Gasteiger partial charge in [-0.05, 0) is 54.9 Å². The molecule has 0 aliphatic rings. The molecule has 0 amide bonds. The first-order valence-corrected chi connectivity index (χ1v) is 13.7. The van der Waals surface area contributed by atoms with Gasteiger partial charge < -0.3 is 0 Å². The maximum atomic E-state index is 2.44. The van der Waals surface area contributed by atoms with Gasteiger partial charge in [-0.25, -0.2) is 0 Å². The van der Waals surface area contributed by atoms with E-state index >= 15 is 0 Å². The van der Waals surface area contributed by atoms with Crippen molar-refractivity contribution in [2.24, 2.45) is 10.8 Å². The van der Waals surface area contributed by atoms with Gasteiger partial charge in [-0.3, -0.25) is 0 Å². The van der Waals surface area contributed by atoms with Crippen molar-refractivity contribution in [1.29, 1.82) is 0 Å². The van der Waals surface area contributed by atoms with Gasteiger partial charge in [-0.1, -0.05) is 106 Å². The fourth-order valence-electron chi connectivity index (χ4n) is 5.81. The lowest BCUT2D eigenvalue weighted by Gasteiger charge is -2.51. The zero-order chi connectivity index (χ0) is 19.9. The molecule has 0 atom stereocenters. The van der Waals surface area contributed by atoms with Crippen LogP contribution in [0.4, 0.5) is 0 Å². The van der Waals surface area contributed by atoms with Gasteiger partial charge in [0, 0.05) is 10.2 Å². The van der Waals surface area contributed by atoms with Gasteiger partial charge in [-0.15, -0.1) is 0 Å². The lowest BCUT2D eigenvalue weighted by Crippen LogP contribution is -2.40. The molecule has 0 rings (SSSR count). The molecule has 0 aromatic heterocycles. The molecule has 0 aliphatic heterocycles. The molecule has 158 valence electrons. The van der Waals surface area contributed by atoms with Crippen LogP contribution in [0, 0.1) is 10.8 Å². The van der Waals surface area contributed by atoms with E-state index in [1.165, 1.54) is 113 Å². The van der Waals surface area contributed by atoms with Crippen molar-refractivity contribution in [2.75, 3.05) is 0 Å². The highest BCUT2D eigenvalue weighted by Crippen LogP contribution is 2.58. The maximum Gasteiger partial charge on any atom is 0.00814 e. The summed E-state index contributed by atoms with van der Waals surface area (Å²) in [5.74, 6) is 0. The summed E-state index contributed by atoms with van der Waals surface area (Å²) in [5.41, 5.74) is 2.33. The molecule has 0 unspecified atom stereocenters. The van der Waals surface area contributed by atoms with E-state index < -0.39 is 0 Å². The van der Waals surface area contributed by atoms with E-state index in [1.54, 1.807) is 0 Å². The highest BCUT2D eigenvalue weighted by molar-refractivity contribution is 6.12. The average molecular weight is 383 g/mol. The first-order valence-electron chi connectivity index (χ1n) is 12.5. The Bertz CT molecular complexity index is 263. The molecule has 1 heteroatoms. The first-order chi connectivity index (χ1) is 12.5. The second kappa shape index (κ2) is 15.2. The monoisotopic (exact) mass is 382 g/mol. The molecular weight excluding hydrogens is 328 g/mol. The van der Waals surface area contributed by atoms with Crippen LogP contribution < -0.4 is 0 Å². The minimum atomic E-state index is 0.656. The minimum absolute atomic E-state index is 0.656. The third-order valence-corrected chi connectivity index (χ3v) is 9.90. The van der Waals surface area contributed by atoms with Crippen LogP contribution in [-0.4, -0.2) is 10.2 Å².